The maximum Gasteiger partial charge on any atom is 0.402 e. The van der Waals surface area contributed by atoms with Crippen molar-refractivity contribution in [2.75, 3.05) is 37.6 Å². The van der Waals surface area contributed by atoms with Crippen LogP contribution < -0.4 is 15.8 Å². The van der Waals surface area contributed by atoms with Gasteiger partial charge in [0.1, 0.15) is 11.9 Å². The van der Waals surface area contributed by atoms with Gasteiger partial charge in [0.05, 0.1) is 30.2 Å². The second-order valence-corrected chi connectivity index (χ2v) is 11.2. The van der Waals surface area contributed by atoms with E-state index in [1.807, 2.05) is 29.2 Å². The molecule has 42 heavy (non-hydrogen) atoms. The Morgan fingerprint density at radius 3 is 2.62 bits per heavy atom. The van der Waals surface area contributed by atoms with Crippen LogP contribution in [0.2, 0.25) is 0 Å². The third-order valence-corrected chi connectivity index (χ3v) is 8.78. The monoisotopic (exact) mass is 583 g/mol. The van der Waals surface area contributed by atoms with Crippen molar-refractivity contribution in [1.29, 1.82) is 5.26 Å². The molecule has 3 saturated heterocycles. The first kappa shape index (κ1) is 28.4. The molecule has 0 bridgehead atoms. The summed E-state index contributed by atoms with van der Waals surface area (Å²) in [5.74, 6) is -2.49. The highest BCUT2D eigenvalue weighted by Crippen LogP contribution is 2.46. The number of hydrogen-bond acceptors (Lipinski definition) is 8. The van der Waals surface area contributed by atoms with Gasteiger partial charge in [0.15, 0.2) is 5.92 Å². The molecule has 2 N–H and O–H groups in total. The Labute approximate surface area is 241 Å². The zero-order valence-electron chi connectivity index (χ0n) is 22.9. The summed E-state index contributed by atoms with van der Waals surface area (Å²) in [5, 5.41) is 8.98. The number of carbonyl (C=O) groups excluding carboxylic acids is 2. The van der Waals surface area contributed by atoms with Crippen molar-refractivity contribution in [3.05, 3.63) is 59.3 Å². The molecule has 5 heterocycles. The van der Waals surface area contributed by atoms with Crippen molar-refractivity contribution in [2.24, 2.45) is 5.92 Å². The normalized spacial score (nSPS) is 28.3. The van der Waals surface area contributed by atoms with Gasteiger partial charge in [-0.2, -0.15) is 18.4 Å². The fourth-order valence-electron chi connectivity index (χ4n) is 6.73. The Bertz CT molecular complexity index is 1360. The fraction of sp³-hybridized carbons (Fsp3) is 0.517. The summed E-state index contributed by atoms with van der Waals surface area (Å²) in [6, 6.07) is 11.6. The van der Waals surface area contributed by atoms with E-state index in [0.29, 0.717) is 44.6 Å². The molecule has 10 nitrogen and oxygen atoms in total. The number of nitriles is 1. The van der Waals surface area contributed by atoms with Crippen molar-refractivity contribution in [3.63, 3.8) is 0 Å². The average molecular weight is 584 g/mol. The first-order valence-corrected chi connectivity index (χ1v) is 14.2. The maximum atomic E-state index is 14.1. The van der Waals surface area contributed by atoms with Crippen LogP contribution >= 0.6 is 0 Å². The van der Waals surface area contributed by atoms with Gasteiger partial charge in [0.2, 0.25) is 11.8 Å². The average Bonchev–Trinajstić information content (AvgIpc) is 3.61. The second-order valence-electron chi connectivity index (χ2n) is 11.2. The second kappa shape index (κ2) is 11.5. The van der Waals surface area contributed by atoms with E-state index in [2.05, 4.69) is 26.8 Å². The van der Waals surface area contributed by atoms with Gasteiger partial charge in [-0.3, -0.25) is 19.9 Å². The van der Waals surface area contributed by atoms with Crippen molar-refractivity contribution < 1.29 is 27.5 Å². The number of alkyl halides is 3. The van der Waals surface area contributed by atoms with Crippen molar-refractivity contribution in [2.45, 2.75) is 56.3 Å². The quantitative estimate of drug-likeness (QED) is 0.552. The van der Waals surface area contributed by atoms with Gasteiger partial charge in [-0.1, -0.05) is 24.3 Å². The lowest BCUT2D eigenvalue weighted by Gasteiger charge is -2.42. The fourth-order valence-corrected chi connectivity index (χ4v) is 6.73. The maximum absolute atomic E-state index is 14.1. The van der Waals surface area contributed by atoms with E-state index in [4.69, 9.17) is 10.00 Å². The number of rotatable bonds is 5. The Balaban J connectivity index is 1.10. The number of hydrazine groups is 1. The number of piperazine rings is 1. The van der Waals surface area contributed by atoms with Crippen molar-refractivity contribution in [1.82, 2.24) is 25.6 Å². The number of benzene rings is 1. The molecule has 0 saturated carbocycles. The Morgan fingerprint density at radius 2 is 1.90 bits per heavy atom. The largest absolute Gasteiger partial charge is 0.402 e. The van der Waals surface area contributed by atoms with E-state index < -0.39 is 36.2 Å². The molecule has 13 heteroatoms. The predicted molar refractivity (Wildman–Crippen MR) is 144 cm³/mol. The van der Waals surface area contributed by atoms with Crippen LogP contribution in [0.15, 0.2) is 42.6 Å². The van der Waals surface area contributed by atoms with Gasteiger partial charge in [0, 0.05) is 51.5 Å². The molecular weight excluding hydrogens is 551 g/mol. The number of nitrogens with zero attached hydrogens (tertiary/aromatic N) is 5. The topological polar surface area (TPSA) is 114 Å². The minimum atomic E-state index is -4.69. The molecule has 1 aromatic carbocycles. The van der Waals surface area contributed by atoms with Crippen LogP contribution in [-0.2, 0) is 20.9 Å². The van der Waals surface area contributed by atoms with Crippen LogP contribution in [-0.4, -0.2) is 83.7 Å². The first-order chi connectivity index (χ1) is 20.2. The van der Waals surface area contributed by atoms with E-state index in [1.54, 1.807) is 17.0 Å². The molecule has 4 aliphatic rings. The molecule has 1 aromatic heterocycles. The summed E-state index contributed by atoms with van der Waals surface area (Å²) >= 11 is 0. The third-order valence-electron chi connectivity index (χ3n) is 8.78. The molecule has 0 spiro atoms. The summed E-state index contributed by atoms with van der Waals surface area (Å²) < 4.78 is 48.6. The van der Waals surface area contributed by atoms with Gasteiger partial charge in [-0.05, 0) is 36.1 Å². The molecule has 5 atom stereocenters. The van der Waals surface area contributed by atoms with Crippen LogP contribution in [0.25, 0.3) is 0 Å². The van der Waals surface area contributed by atoms with E-state index in [1.165, 1.54) is 6.20 Å². The number of nitrogens with one attached hydrogen (secondary N) is 2. The molecule has 222 valence electrons. The molecule has 0 radical (unpaired) electrons. The molecule has 0 aliphatic carbocycles. The predicted octanol–water partition coefficient (Wildman–Crippen LogP) is 2.28. The van der Waals surface area contributed by atoms with Crippen molar-refractivity contribution >= 4 is 17.6 Å². The summed E-state index contributed by atoms with van der Waals surface area (Å²) in [7, 11) is 0. The number of halogens is 3. The van der Waals surface area contributed by atoms with Gasteiger partial charge in [0.25, 0.3) is 0 Å². The first-order valence-electron chi connectivity index (χ1n) is 14.2. The molecule has 6 rings (SSSR count). The minimum absolute atomic E-state index is 0.0120. The lowest BCUT2D eigenvalue weighted by atomic mass is 9.92. The number of fused-ring (bicyclic) bond motifs is 1. The summed E-state index contributed by atoms with van der Waals surface area (Å²) in [6.45, 7) is 2.56. The van der Waals surface area contributed by atoms with Crippen molar-refractivity contribution in [3.8, 4) is 6.07 Å². The van der Waals surface area contributed by atoms with E-state index in [0.717, 1.165) is 16.9 Å². The van der Waals surface area contributed by atoms with Gasteiger partial charge in [-0.15, -0.1) is 0 Å². The highest BCUT2D eigenvalue weighted by atomic mass is 19.4. The minimum Gasteiger partial charge on any atom is -0.372 e. The number of anilines is 1. The van der Waals surface area contributed by atoms with E-state index in [-0.39, 0.29) is 31.5 Å². The summed E-state index contributed by atoms with van der Waals surface area (Å²) in [5.41, 5.74) is 7.11. The molecule has 4 aliphatic heterocycles. The molecule has 2 unspecified atom stereocenters. The lowest BCUT2D eigenvalue weighted by Crippen LogP contribution is -2.64. The SMILES string of the molecule is N#Cc1ccc(N2CCN(C(=O)C[C@H]3CC[C@H]([C@@H]4c5ccccc5CN4C4CNNC(=O)C4C(F)(F)F)O3)CC2)nc1. The summed E-state index contributed by atoms with van der Waals surface area (Å²) in [4.78, 5) is 35.5. The zero-order valence-corrected chi connectivity index (χ0v) is 22.9. The standard InChI is InChI=1S/C29H32F3N7O3/c30-29(31,32)26-22(16-35-36-28(26)41)39-17-19-3-1-2-4-21(19)27(39)23-7-6-20(42-23)13-25(40)38-11-9-37(10-12-38)24-8-5-18(14-33)15-34-24/h1-5,8,15,20,22-23,26-27,35H,6-7,9-13,16-17H2,(H,36,41)/t20-,22?,23-,26?,27+/m1/s1. The number of ether oxygens (including phenoxy) is 1. The molecule has 2 aromatic rings. The van der Waals surface area contributed by atoms with Crippen LogP contribution in [0.1, 0.15) is 42.0 Å². The molecular formula is C29H32F3N7O3. The van der Waals surface area contributed by atoms with Gasteiger partial charge < -0.3 is 14.5 Å². The van der Waals surface area contributed by atoms with Crippen LogP contribution in [0.5, 0.6) is 0 Å². The molecule has 2 amide bonds. The number of amides is 2. The van der Waals surface area contributed by atoms with E-state index in [9.17, 15) is 22.8 Å². The smallest absolute Gasteiger partial charge is 0.372 e. The van der Waals surface area contributed by atoms with Gasteiger partial charge >= 0.3 is 6.18 Å². The Morgan fingerprint density at radius 1 is 1.12 bits per heavy atom. The third kappa shape index (κ3) is 5.54. The zero-order chi connectivity index (χ0) is 29.4. The number of pyridine rings is 1. The highest BCUT2D eigenvalue weighted by Gasteiger charge is 2.56. The van der Waals surface area contributed by atoms with Crippen LogP contribution in [0.3, 0.4) is 0 Å². The number of carbonyl (C=O) groups is 2. The van der Waals surface area contributed by atoms with Gasteiger partial charge in [-0.25, -0.2) is 10.4 Å². The van der Waals surface area contributed by atoms with Crippen LogP contribution in [0.4, 0.5) is 19.0 Å². The summed E-state index contributed by atoms with van der Waals surface area (Å²) in [6.07, 6.45) is -2.45. The molecule has 3 fully saturated rings. The van der Waals surface area contributed by atoms with E-state index >= 15 is 0 Å². The number of aromatic nitrogens is 1. The lowest BCUT2D eigenvalue weighted by molar-refractivity contribution is -0.204. The Kier molecular flexibility index (Phi) is 7.78. The highest BCUT2D eigenvalue weighted by molar-refractivity contribution is 5.80. The Hall–Kier alpha value is -3.73. The van der Waals surface area contributed by atoms with Crippen LogP contribution in [0, 0.1) is 17.2 Å². The number of hydrogen-bond donors (Lipinski definition) is 2.